The highest BCUT2D eigenvalue weighted by molar-refractivity contribution is 5.96. The van der Waals surface area contributed by atoms with Crippen molar-refractivity contribution in [1.29, 1.82) is 0 Å². The number of rotatable bonds is 6. The molecule has 1 aliphatic heterocycles. The molecule has 0 unspecified atom stereocenters. The maximum absolute atomic E-state index is 12.8. The Kier molecular flexibility index (Phi) is 5.47. The lowest BCUT2D eigenvalue weighted by molar-refractivity contribution is -0.384. The van der Waals surface area contributed by atoms with Crippen molar-refractivity contribution < 1.29 is 18.9 Å². The summed E-state index contributed by atoms with van der Waals surface area (Å²) < 4.78 is 11.2. The highest BCUT2D eigenvalue weighted by Crippen LogP contribution is 2.29. The number of hydrogen-bond acceptors (Lipinski definition) is 7. The number of nitro groups is 1. The molecule has 0 atom stereocenters. The van der Waals surface area contributed by atoms with Gasteiger partial charge >= 0.3 is 5.97 Å². The van der Waals surface area contributed by atoms with Crippen molar-refractivity contribution >= 4 is 17.3 Å². The van der Waals surface area contributed by atoms with Crippen LogP contribution in [0.25, 0.3) is 11.5 Å². The number of aromatic nitrogens is 1. The molecule has 8 nitrogen and oxygen atoms in total. The smallest absolute Gasteiger partial charge is 0.340 e. The van der Waals surface area contributed by atoms with Crippen molar-refractivity contribution in [2.75, 3.05) is 18.0 Å². The van der Waals surface area contributed by atoms with Gasteiger partial charge in [-0.3, -0.25) is 10.1 Å². The van der Waals surface area contributed by atoms with Crippen molar-refractivity contribution in [2.24, 2.45) is 0 Å². The molecule has 0 aliphatic carbocycles. The van der Waals surface area contributed by atoms with Crippen LogP contribution in [-0.4, -0.2) is 29.0 Å². The molecule has 1 fully saturated rings. The van der Waals surface area contributed by atoms with Gasteiger partial charge < -0.3 is 14.1 Å². The van der Waals surface area contributed by atoms with Gasteiger partial charge in [-0.05, 0) is 38.0 Å². The molecule has 4 rings (SSSR count). The predicted octanol–water partition coefficient (Wildman–Crippen LogP) is 4.52. The van der Waals surface area contributed by atoms with E-state index in [4.69, 9.17) is 9.15 Å². The maximum atomic E-state index is 12.8. The van der Waals surface area contributed by atoms with Gasteiger partial charge in [-0.25, -0.2) is 9.78 Å². The van der Waals surface area contributed by atoms with E-state index in [1.54, 1.807) is 13.0 Å². The summed E-state index contributed by atoms with van der Waals surface area (Å²) in [6, 6.07) is 13.7. The lowest BCUT2D eigenvalue weighted by Crippen LogP contribution is -2.21. The van der Waals surface area contributed by atoms with Gasteiger partial charge in [-0.2, -0.15) is 0 Å². The largest absolute Gasteiger partial charge is 0.455 e. The summed E-state index contributed by atoms with van der Waals surface area (Å²) in [7, 11) is 0. The molecular weight excluding hydrogens is 386 g/mol. The Morgan fingerprint density at radius 1 is 1.20 bits per heavy atom. The highest BCUT2D eigenvalue weighted by atomic mass is 16.6. The number of hydrogen-bond donors (Lipinski definition) is 0. The lowest BCUT2D eigenvalue weighted by atomic mass is 10.1. The third-order valence-electron chi connectivity index (χ3n) is 5.11. The van der Waals surface area contributed by atoms with E-state index in [-0.39, 0.29) is 17.9 Å². The topological polar surface area (TPSA) is 98.7 Å². The molecule has 0 N–H and O–H groups in total. The third kappa shape index (κ3) is 4.03. The summed E-state index contributed by atoms with van der Waals surface area (Å²) >= 11 is 0. The number of anilines is 1. The van der Waals surface area contributed by atoms with Gasteiger partial charge in [-0.1, -0.05) is 18.2 Å². The van der Waals surface area contributed by atoms with Gasteiger partial charge in [0.15, 0.2) is 0 Å². The van der Waals surface area contributed by atoms with Gasteiger partial charge in [0.05, 0.1) is 16.2 Å². The van der Waals surface area contributed by atoms with Crippen LogP contribution in [0.3, 0.4) is 0 Å². The zero-order valence-corrected chi connectivity index (χ0v) is 16.5. The molecular formula is C22H21N3O5. The van der Waals surface area contributed by atoms with Crippen molar-refractivity contribution in [2.45, 2.75) is 26.4 Å². The van der Waals surface area contributed by atoms with Crippen LogP contribution in [0, 0.1) is 17.0 Å². The number of carbonyl (C=O) groups excluding carboxylic acids is 1. The third-order valence-corrected chi connectivity index (χ3v) is 5.11. The van der Waals surface area contributed by atoms with Gasteiger partial charge in [0.1, 0.15) is 18.1 Å². The Morgan fingerprint density at radius 3 is 2.63 bits per heavy atom. The molecule has 1 aromatic heterocycles. The van der Waals surface area contributed by atoms with Gasteiger partial charge in [0.2, 0.25) is 5.89 Å². The highest BCUT2D eigenvalue weighted by Gasteiger charge is 2.24. The zero-order chi connectivity index (χ0) is 21.1. The first-order valence-corrected chi connectivity index (χ1v) is 9.75. The van der Waals surface area contributed by atoms with E-state index >= 15 is 0 Å². The van der Waals surface area contributed by atoms with Gasteiger partial charge in [0, 0.05) is 30.8 Å². The van der Waals surface area contributed by atoms with E-state index in [9.17, 15) is 14.9 Å². The number of aryl methyl sites for hydroxylation is 1. The van der Waals surface area contributed by atoms with E-state index in [0.717, 1.165) is 31.5 Å². The van der Waals surface area contributed by atoms with Crippen molar-refractivity contribution in [1.82, 2.24) is 4.98 Å². The molecule has 2 aromatic carbocycles. The summed E-state index contributed by atoms with van der Waals surface area (Å²) in [6.07, 6.45) is 2.04. The van der Waals surface area contributed by atoms with Crippen molar-refractivity contribution in [3.8, 4) is 11.5 Å². The fraction of sp³-hybridized carbons (Fsp3) is 0.273. The van der Waals surface area contributed by atoms with E-state index in [1.165, 1.54) is 12.1 Å². The monoisotopic (exact) mass is 407 g/mol. The Balaban J connectivity index is 1.55. The van der Waals surface area contributed by atoms with Crippen LogP contribution in [-0.2, 0) is 11.3 Å². The predicted molar refractivity (Wildman–Crippen MR) is 110 cm³/mol. The number of esters is 1. The molecule has 8 heteroatoms. The second-order valence-corrected chi connectivity index (χ2v) is 7.12. The molecule has 0 radical (unpaired) electrons. The Labute approximate surface area is 173 Å². The second-order valence-electron chi connectivity index (χ2n) is 7.12. The maximum Gasteiger partial charge on any atom is 0.340 e. The number of carbonyl (C=O) groups is 1. The minimum absolute atomic E-state index is 0.0802. The summed E-state index contributed by atoms with van der Waals surface area (Å²) in [4.78, 5) is 30.0. The number of oxazole rings is 1. The van der Waals surface area contributed by atoms with E-state index < -0.39 is 10.9 Å². The molecule has 154 valence electrons. The van der Waals surface area contributed by atoms with E-state index in [1.807, 2.05) is 30.3 Å². The molecule has 3 aromatic rings. The first kappa shape index (κ1) is 19.6. The molecule has 0 bridgehead atoms. The summed E-state index contributed by atoms with van der Waals surface area (Å²) in [6.45, 7) is 3.29. The minimum atomic E-state index is -0.621. The Bertz CT molecular complexity index is 1070. The average molecular weight is 407 g/mol. The molecule has 2 heterocycles. The van der Waals surface area contributed by atoms with Crippen LogP contribution >= 0.6 is 0 Å². The fourth-order valence-corrected chi connectivity index (χ4v) is 3.51. The lowest BCUT2D eigenvalue weighted by Gasteiger charge is -2.20. The van der Waals surface area contributed by atoms with Crippen LogP contribution < -0.4 is 4.90 Å². The van der Waals surface area contributed by atoms with Crippen LogP contribution in [0.1, 0.15) is 34.7 Å². The van der Waals surface area contributed by atoms with Crippen LogP contribution in [0.4, 0.5) is 11.4 Å². The molecule has 30 heavy (non-hydrogen) atoms. The first-order valence-electron chi connectivity index (χ1n) is 9.75. The molecule has 1 aliphatic rings. The van der Waals surface area contributed by atoms with Crippen molar-refractivity contribution in [3.05, 3.63) is 75.7 Å². The van der Waals surface area contributed by atoms with Crippen LogP contribution in [0.2, 0.25) is 0 Å². The Morgan fingerprint density at radius 2 is 1.93 bits per heavy atom. The minimum Gasteiger partial charge on any atom is -0.455 e. The van der Waals surface area contributed by atoms with Crippen LogP contribution in [0.5, 0.6) is 0 Å². The first-order chi connectivity index (χ1) is 14.5. The fourth-order valence-electron chi connectivity index (χ4n) is 3.51. The number of benzene rings is 2. The van der Waals surface area contributed by atoms with E-state index in [0.29, 0.717) is 23.0 Å². The van der Waals surface area contributed by atoms with E-state index in [2.05, 4.69) is 9.88 Å². The summed E-state index contributed by atoms with van der Waals surface area (Å²) in [5.41, 5.74) is 2.04. The van der Waals surface area contributed by atoms with Crippen molar-refractivity contribution in [3.63, 3.8) is 0 Å². The molecule has 0 spiro atoms. The SMILES string of the molecule is Cc1oc(-c2ccccc2)nc1COC(=O)c1cc([N+](=O)[O-])ccc1N1CCCC1. The number of nitro benzene ring substituents is 1. The van der Waals surface area contributed by atoms with Gasteiger partial charge in [-0.15, -0.1) is 0 Å². The van der Waals surface area contributed by atoms with Crippen LogP contribution in [0.15, 0.2) is 52.9 Å². The number of ether oxygens (including phenoxy) is 1. The summed E-state index contributed by atoms with van der Waals surface area (Å²) in [5, 5.41) is 11.2. The molecule has 0 saturated carbocycles. The normalized spacial score (nSPS) is 13.4. The second kappa shape index (κ2) is 8.36. The number of nitrogens with zero attached hydrogens (tertiary/aromatic N) is 3. The molecule has 0 amide bonds. The number of non-ortho nitro benzene ring substituents is 1. The zero-order valence-electron chi connectivity index (χ0n) is 16.5. The standard InChI is InChI=1S/C22H21N3O5/c1-15-19(23-21(30-15)16-7-3-2-4-8-16)14-29-22(26)18-13-17(25(27)28)9-10-20(18)24-11-5-6-12-24/h2-4,7-10,13H,5-6,11-12,14H2,1H3. The molecule has 1 saturated heterocycles. The summed E-state index contributed by atoms with van der Waals surface area (Å²) in [5.74, 6) is 0.386. The Hall–Kier alpha value is -3.68. The van der Waals surface area contributed by atoms with Gasteiger partial charge in [0.25, 0.3) is 5.69 Å². The quantitative estimate of drug-likeness (QED) is 0.337. The average Bonchev–Trinajstić information content (AvgIpc) is 3.42.